The molecular weight excluding hydrogens is 412 g/mol. The van der Waals surface area contributed by atoms with Crippen LogP contribution in [0.2, 0.25) is 0 Å². The Hall–Kier alpha value is -2.00. The van der Waals surface area contributed by atoms with Crippen molar-refractivity contribution in [2.45, 2.75) is 17.4 Å². The molecule has 0 N–H and O–H groups in total. The quantitative estimate of drug-likeness (QED) is 0.619. The summed E-state index contributed by atoms with van der Waals surface area (Å²) in [6, 6.07) is 14.2. The number of nitrogens with zero attached hydrogens (tertiary/aromatic N) is 2. The van der Waals surface area contributed by atoms with Gasteiger partial charge in [-0.3, -0.25) is 4.79 Å². The highest BCUT2D eigenvalue weighted by Gasteiger charge is 2.35. The Balaban J connectivity index is 1.59. The molecule has 0 radical (unpaired) electrons. The highest BCUT2D eigenvalue weighted by atomic mass is 32.2. The van der Waals surface area contributed by atoms with Crippen molar-refractivity contribution in [2.24, 2.45) is 0 Å². The van der Waals surface area contributed by atoms with Crippen LogP contribution in [-0.2, 0) is 21.2 Å². The summed E-state index contributed by atoms with van der Waals surface area (Å²) in [5.41, 5.74) is 1.15. The van der Waals surface area contributed by atoms with E-state index in [0.717, 1.165) is 21.2 Å². The second kappa shape index (κ2) is 7.79. The predicted octanol–water partition coefficient (Wildman–Crippen LogP) is 3.60. The fourth-order valence-electron chi connectivity index (χ4n) is 3.48. The fraction of sp³-hybridized carbons (Fsp3) is 0.250. The lowest BCUT2D eigenvalue weighted by molar-refractivity contribution is -0.133. The molecule has 0 saturated heterocycles. The summed E-state index contributed by atoms with van der Waals surface area (Å²) in [4.78, 5) is 17.6. The van der Waals surface area contributed by atoms with Crippen LogP contribution < -0.4 is 0 Å². The van der Waals surface area contributed by atoms with Crippen LogP contribution >= 0.6 is 22.7 Å². The largest absolute Gasteiger partial charge is 0.329 e. The Morgan fingerprint density at radius 2 is 1.89 bits per heavy atom. The van der Waals surface area contributed by atoms with Crippen LogP contribution in [0, 0.1) is 0 Å². The van der Waals surface area contributed by atoms with Crippen molar-refractivity contribution in [2.75, 3.05) is 20.1 Å². The maximum Gasteiger partial charge on any atom is 0.243 e. The molecule has 0 aliphatic carbocycles. The van der Waals surface area contributed by atoms with E-state index in [0.29, 0.717) is 6.54 Å². The number of hydrogen-bond donors (Lipinski definition) is 0. The molecule has 8 heteroatoms. The fourth-order valence-corrected chi connectivity index (χ4v) is 6.38. The summed E-state index contributed by atoms with van der Waals surface area (Å²) in [5, 5.41) is 4.07. The van der Waals surface area contributed by atoms with Gasteiger partial charge < -0.3 is 4.90 Å². The third-order valence-electron chi connectivity index (χ3n) is 4.91. The van der Waals surface area contributed by atoms with Gasteiger partial charge in [0, 0.05) is 23.3 Å². The van der Waals surface area contributed by atoms with E-state index in [1.165, 1.54) is 11.9 Å². The Morgan fingerprint density at radius 1 is 1.11 bits per heavy atom. The zero-order chi connectivity index (χ0) is 19.7. The molecule has 4 rings (SSSR count). The molecular formula is C20H20N2O3S3. The first-order valence-corrected chi connectivity index (χ1v) is 12.1. The summed E-state index contributed by atoms with van der Waals surface area (Å²) in [6.07, 6.45) is 0.801. The molecule has 1 amide bonds. The second-order valence-electron chi connectivity index (χ2n) is 6.63. The van der Waals surface area contributed by atoms with Crippen molar-refractivity contribution < 1.29 is 13.2 Å². The normalized spacial score (nSPS) is 16.9. The Morgan fingerprint density at radius 3 is 2.61 bits per heavy atom. The molecule has 0 bridgehead atoms. The first-order chi connectivity index (χ1) is 13.5. The minimum absolute atomic E-state index is 0.143. The molecule has 1 unspecified atom stereocenters. The maximum atomic E-state index is 13.2. The van der Waals surface area contributed by atoms with E-state index >= 15 is 0 Å². The number of sulfonamides is 1. The predicted molar refractivity (Wildman–Crippen MR) is 112 cm³/mol. The van der Waals surface area contributed by atoms with E-state index in [1.807, 2.05) is 22.4 Å². The van der Waals surface area contributed by atoms with E-state index in [9.17, 15) is 13.2 Å². The van der Waals surface area contributed by atoms with Crippen LogP contribution in [-0.4, -0.2) is 43.7 Å². The number of benzene rings is 1. The lowest BCUT2D eigenvalue weighted by atomic mass is 9.98. The Kier molecular flexibility index (Phi) is 5.37. The van der Waals surface area contributed by atoms with Crippen LogP contribution in [0.15, 0.2) is 64.2 Å². The third kappa shape index (κ3) is 3.53. The lowest BCUT2D eigenvalue weighted by Gasteiger charge is -2.36. The van der Waals surface area contributed by atoms with Crippen molar-refractivity contribution in [1.82, 2.24) is 9.21 Å². The average Bonchev–Trinajstić information content (AvgIpc) is 3.39. The molecule has 28 heavy (non-hydrogen) atoms. The third-order valence-corrected chi connectivity index (χ3v) is 8.65. The topological polar surface area (TPSA) is 57.7 Å². The summed E-state index contributed by atoms with van der Waals surface area (Å²) in [7, 11) is -2.24. The van der Waals surface area contributed by atoms with E-state index in [4.69, 9.17) is 0 Å². The van der Waals surface area contributed by atoms with E-state index in [-0.39, 0.29) is 23.4 Å². The molecule has 146 valence electrons. The second-order valence-corrected chi connectivity index (χ2v) is 10.7. The van der Waals surface area contributed by atoms with Crippen LogP contribution in [0.4, 0.5) is 0 Å². The van der Waals surface area contributed by atoms with Gasteiger partial charge in [0.1, 0.15) is 0 Å². The molecule has 3 heterocycles. The van der Waals surface area contributed by atoms with Crippen LogP contribution in [0.3, 0.4) is 0 Å². The SMILES string of the molecule is CN(CC(=O)N1CCc2sccc2C1c1cccs1)S(=O)(=O)c1ccccc1. The van der Waals surface area contributed by atoms with Gasteiger partial charge in [0.15, 0.2) is 0 Å². The van der Waals surface area contributed by atoms with Crippen molar-refractivity contribution in [3.63, 3.8) is 0 Å². The highest BCUT2D eigenvalue weighted by molar-refractivity contribution is 7.89. The number of amides is 1. The summed E-state index contributed by atoms with van der Waals surface area (Å²) < 4.78 is 26.7. The first kappa shape index (κ1) is 19.3. The number of rotatable bonds is 5. The molecule has 1 atom stereocenters. The number of thiophene rings is 2. The molecule has 0 spiro atoms. The maximum absolute atomic E-state index is 13.2. The van der Waals surface area contributed by atoms with Gasteiger partial charge in [0.05, 0.1) is 17.5 Å². The van der Waals surface area contributed by atoms with Crippen molar-refractivity contribution in [1.29, 1.82) is 0 Å². The number of carbonyl (C=O) groups is 1. The summed E-state index contributed by atoms with van der Waals surface area (Å²) in [6.45, 7) is 0.409. The summed E-state index contributed by atoms with van der Waals surface area (Å²) >= 11 is 3.33. The number of fused-ring (bicyclic) bond motifs is 1. The Bertz CT molecular complexity index is 1060. The van der Waals surface area contributed by atoms with Gasteiger partial charge in [0.2, 0.25) is 15.9 Å². The molecule has 0 saturated carbocycles. The van der Waals surface area contributed by atoms with E-state index in [1.54, 1.807) is 53.0 Å². The van der Waals surface area contributed by atoms with Crippen molar-refractivity contribution in [3.05, 3.63) is 74.6 Å². The molecule has 1 aliphatic rings. The van der Waals surface area contributed by atoms with Gasteiger partial charge in [-0.05, 0) is 47.0 Å². The molecule has 2 aromatic heterocycles. The zero-order valence-corrected chi connectivity index (χ0v) is 17.8. The lowest BCUT2D eigenvalue weighted by Crippen LogP contribution is -2.45. The first-order valence-electron chi connectivity index (χ1n) is 8.89. The minimum atomic E-state index is -3.70. The van der Waals surface area contributed by atoms with Crippen LogP contribution in [0.5, 0.6) is 0 Å². The standard InChI is InChI=1S/C20H20N2O3S3/c1-21(28(24,25)15-6-3-2-4-7-15)14-19(23)22-11-9-17-16(10-13-27-17)20(22)18-8-5-12-26-18/h2-8,10,12-13,20H,9,11,14H2,1H3. The number of likely N-dealkylation sites (N-methyl/N-ethyl adjacent to an activating group) is 1. The van der Waals surface area contributed by atoms with Crippen molar-refractivity contribution >= 4 is 38.6 Å². The molecule has 1 aromatic carbocycles. The van der Waals surface area contributed by atoms with Gasteiger partial charge in [-0.15, -0.1) is 22.7 Å². The highest BCUT2D eigenvalue weighted by Crippen LogP contribution is 2.39. The van der Waals surface area contributed by atoms with E-state index in [2.05, 4.69) is 11.4 Å². The summed E-state index contributed by atoms with van der Waals surface area (Å²) in [5.74, 6) is -0.183. The molecule has 0 fully saturated rings. The monoisotopic (exact) mass is 432 g/mol. The number of hydrogen-bond acceptors (Lipinski definition) is 5. The van der Waals surface area contributed by atoms with Gasteiger partial charge in [-0.1, -0.05) is 24.3 Å². The van der Waals surface area contributed by atoms with Gasteiger partial charge >= 0.3 is 0 Å². The zero-order valence-electron chi connectivity index (χ0n) is 15.3. The minimum Gasteiger partial charge on any atom is -0.329 e. The van der Waals surface area contributed by atoms with Gasteiger partial charge in [-0.25, -0.2) is 8.42 Å². The molecule has 5 nitrogen and oxygen atoms in total. The Labute approximate surface area is 172 Å². The van der Waals surface area contributed by atoms with Crippen LogP contribution in [0.1, 0.15) is 21.4 Å². The van der Waals surface area contributed by atoms with E-state index < -0.39 is 10.0 Å². The molecule has 3 aromatic rings. The molecule has 1 aliphatic heterocycles. The van der Waals surface area contributed by atoms with Gasteiger partial charge in [-0.2, -0.15) is 4.31 Å². The van der Waals surface area contributed by atoms with Crippen molar-refractivity contribution in [3.8, 4) is 0 Å². The van der Waals surface area contributed by atoms with Crippen LogP contribution in [0.25, 0.3) is 0 Å². The smallest absolute Gasteiger partial charge is 0.243 e. The average molecular weight is 433 g/mol. The van der Waals surface area contributed by atoms with Gasteiger partial charge in [0.25, 0.3) is 0 Å². The number of carbonyl (C=O) groups excluding carboxylic acids is 1.